The first-order chi connectivity index (χ1) is 15.8. The molecule has 0 aliphatic carbocycles. The van der Waals surface area contributed by atoms with E-state index in [0.29, 0.717) is 11.7 Å². The normalized spacial score (nSPS) is 17.8. The van der Waals surface area contributed by atoms with Crippen LogP contribution in [-0.2, 0) is 10.0 Å². The number of anilines is 2. The zero-order valence-corrected chi connectivity index (χ0v) is 20.8. The molecule has 2 atom stereocenters. The molecule has 1 aliphatic rings. The highest BCUT2D eigenvalue weighted by Gasteiger charge is 2.32. The summed E-state index contributed by atoms with van der Waals surface area (Å²) in [5.41, 5.74) is 3.25. The van der Waals surface area contributed by atoms with Crippen LogP contribution in [0.2, 0.25) is 5.02 Å². The molecule has 10 heteroatoms. The molecule has 2 aromatic carbocycles. The van der Waals surface area contributed by atoms with Gasteiger partial charge in [-0.05, 0) is 24.5 Å². The molecule has 6 nitrogen and oxygen atoms in total. The van der Waals surface area contributed by atoms with E-state index >= 15 is 0 Å². The Bertz CT molecular complexity index is 1190. The van der Waals surface area contributed by atoms with Crippen LogP contribution in [0.5, 0.6) is 0 Å². The van der Waals surface area contributed by atoms with E-state index in [1.165, 1.54) is 39.9 Å². The number of halogens is 2. The average molecular weight is 509 g/mol. The van der Waals surface area contributed by atoms with Crippen molar-refractivity contribution < 1.29 is 12.8 Å². The summed E-state index contributed by atoms with van der Waals surface area (Å²) in [6, 6.07) is 13.3. The summed E-state index contributed by atoms with van der Waals surface area (Å²) in [5.74, 6) is -0.707. The first-order valence-electron chi connectivity index (χ1n) is 10.7. The Balaban J connectivity index is 1.52. The number of hydrogen-bond acceptors (Lipinski definition) is 6. The van der Waals surface area contributed by atoms with E-state index in [4.69, 9.17) is 11.6 Å². The Morgan fingerprint density at radius 3 is 2.76 bits per heavy atom. The lowest BCUT2D eigenvalue weighted by molar-refractivity contribution is 0.236. The summed E-state index contributed by atoms with van der Waals surface area (Å²) < 4.78 is 42.5. The summed E-state index contributed by atoms with van der Waals surface area (Å²) in [6.45, 7) is 3.92. The number of likely N-dealkylation sites (N-methyl/N-ethyl adjacent to an activating group) is 1. The summed E-state index contributed by atoms with van der Waals surface area (Å²) in [6.07, 6.45) is 1.90. The lowest BCUT2D eigenvalue weighted by atomic mass is 10.0. The number of nitrogens with one attached hydrogen (secondary N) is 1. The van der Waals surface area contributed by atoms with Gasteiger partial charge in [0.05, 0.1) is 16.2 Å². The fourth-order valence-corrected chi connectivity index (χ4v) is 6.40. The lowest BCUT2D eigenvalue weighted by Crippen LogP contribution is -2.36. The van der Waals surface area contributed by atoms with Gasteiger partial charge < -0.3 is 4.90 Å². The maximum Gasteiger partial charge on any atom is 0.266 e. The van der Waals surface area contributed by atoms with Gasteiger partial charge in [0.25, 0.3) is 10.0 Å². The van der Waals surface area contributed by atoms with Crippen LogP contribution in [-0.4, -0.2) is 44.5 Å². The van der Waals surface area contributed by atoms with E-state index < -0.39 is 20.7 Å². The van der Waals surface area contributed by atoms with Crippen LogP contribution in [0.25, 0.3) is 0 Å². The summed E-state index contributed by atoms with van der Waals surface area (Å²) in [7, 11) is -2.27. The highest BCUT2D eigenvalue weighted by molar-refractivity contribution is 7.92. The molecular formula is C23H26ClFN4O2S2. The van der Waals surface area contributed by atoms with Gasteiger partial charge in [0.15, 0.2) is 5.82 Å². The number of nitrogens with zero attached hydrogens (tertiary/aromatic N) is 3. The van der Waals surface area contributed by atoms with Crippen molar-refractivity contribution in [3.8, 4) is 0 Å². The Hall–Kier alpha value is -2.20. The molecule has 176 valence electrons. The van der Waals surface area contributed by atoms with Crippen LogP contribution in [0.3, 0.4) is 0 Å². The van der Waals surface area contributed by atoms with Crippen molar-refractivity contribution in [3.05, 3.63) is 69.8 Å². The summed E-state index contributed by atoms with van der Waals surface area (Å²) in [5, 5.41) is 1.72. The molecule has 1 unspecified atom stereocenters. The van der Waals surface area contributed by atoms with E-state index in [1.54, 1.807) is 0 Å². The van der Waals surface area contributed by atoms with Gasteiger partial charge in [-0.2, -0.15) is 0 Å². The molecule has 0 spiro atoms. The third-order valence-corrected chi connectivity index (χ3v) is 8.36. The van der Waals surface area contributed by atoms with Crippen molar-refractivity contribution in [3.63, 3.8) is 0 Å². The molecule has 1 fully saturated rings. The largest absolute Gasteiger partial charge is 0.369 e. The molecule has 2 heterocycles. The van der Waals surface area contributed by atoms with Crippen LogP contribution < -0.4 is 9.62 Å². The highest BCUT2D eigenvalue weighted by Crippen LogP contribution is 2.35. The first-order valence-corrected chi connectivity index (χ1v) is 13.5. The number of benzene rings is 2. The number of sulfonamides is 1. The van der Waals surface area contributed by atoms with Crippen molar-refractivity contribution >= 4 is 44.5 Å². The second kappa shape index (κ2) is 9.97. The standard InChI is InChI=1S/C23H26ClFN4O2S2/c1-3-20(16-7-5-4-6-8-16)29-10-9-17(13-29)28(2)21-12-19(25)22(11-18(21)24)33(30,31)27-23-14-32-15-26-23/h4-8,11-12,14-15,17,20,27H,3,9-10,13H2,1-2H3/t17?,20-/m0/s1. The highest BCUT2D eigenvalue weighted by atomic mass is 35.5. The Morgan fingerprint density at radius 1 is 1.33 bits per heavy atom. The minimum absolute atomic E-state index is 0.134. The molecule has 4 rings (SSSR count). The van der Waals surface area contributed by atoms with Gasteiger partial charge in [0.1, 0.15) is 10.7 Å². The molecule has 1 aliphatic heterocycles. The van der Waals surface area contributed by atoms with Crippen LogP contribution in [0.1, 0.15) is 31.4 Å². The summed E-state index contributed by atoms with van der Waals surface area (Å²) >= 11 is 7.69. The van der Waals surface area contributed by atoms with Crippen LogP contribution in [0.4, 0.5) is 15.9 Å². The first kappa shape index (κ1) is 23.9. The van der Waals surface area contributed by atoms with Gasteiger partial charge in [0.2, 0.25) is 0 Å². The predicted molar refractivity (Wildman–Crippen MR) is 132 cm³/mol. The molecular weight excluding hydrogens is 483 g/mol. The number of likely N-dealkylation sites (tertiary alicyclic amines) is 1. The maximum absolute atomic E-state index is 14.9. The second-order valence-corrected chi connectivity index (χ2v) is 10.9. The number of rotatable bonds is 8. The quantitative estimate of drug-likeness (QED) is 0.441. The molecule has 33 heavy (non-hydrogen) atoms. The van der Waals surface area contributed by atoms with E-state index in [1.807, 2.05) is 18.0 Å². The molecule has 3 aromatic rings. The number of hydrogen-bond donors (Lipinski definition) is 1. The fraction of sp³-hybridized carbons (Fsp3) is 0.348. The van der Waals surface area contributed by atoms with Gasteiger partial charge in [-0.3, -0.25) is 9.62 Å². The van der Waals surface area contributed by atoms with E-state index in [-0.39, 0.29) is 16.9 Å². The molecule has 1 aromatic heterocycles. The van der Waals surface area contributed by atoms with Crippen molar-refractivity contribution in [2.75, 3.05) is 29.8 Å². The third-order valence-electron chi connectivity index (χ3n) is 6.10. The van der Waals surface area contributed by atoms with E-state index in [0.717, 1.165) is 25.9 Å². The Labute approximate surface area is 203 Å². The predicted octanol–water partition coefficient (Wildman–Crippen LogP) is 5.40. The van der Waals surface area contributed by atoms with Crippen LogP contribution in [0, 0.1) is 5.82 Å². The van der Waals surface area contributed by atoms with Crippen LogP contribution in [0.15, 0.2) is 58.3 Å². The van der Waals surface area contributed by atoms with E-state index in [9.17, 15) is 12.8 Å². The molecule has 1 N–H and O–H groups in total. The third kappa shape index (κ3) is 5.16. The SMILES string of the molecule is CC[C@@H](c1ccccc1)N1CCC(N(C)c2cc(F)c(S(=O)(=O)Nc3cscn3)cc2Cl)C1. The molecule has 1 saturated heterocycles. The maximum atomic E-state index is 14.9. The summed E-state index contributed by atoms with van der Waals surface area (Å²) in [4.78, 5) is 7.78. The van der Waals surface area contributed by atoms with Crippen LogP contribution >= 0.6 is 22.9 Å². The minimum atomic E-state index is -4.14. The minimum Gasteiger partial charge on any atom is -0.369 e. The second-order valence-electron chi connectivity index (χ2n) is 8.10. The molecule has 0 amide bonds. The molecule has 0 bridgehead atoms. The average Bonchev–Trinajstić information content (AvgIpc) is 3.48. The topological polar surface area (TPSA) is 65.5 Å². The lowest BCUT2D eigenvalue weighted by Gasteiger charge is -2.31. The number of thiazole rings is 1. The van der Waals surface area contributed by atoms with Gasteiger partial charge >= 0.3 is 0 Å². The van der Waals surface area contributed by atoms with Crippen molar-refractivity contribution in [1.82, 2.24) is 9.88 Å². The zero-order chi connectivity index (χ0) is 23.6. The monoisotopic (exact) mass is 508 g/mol. The fourth-order valence-electron chi connectivity index (χ4n) is 4.39. The van der Waals surface area contributed by atoms with Gasteiger partial charge in [-0.15, -0.1) is 11.3 Å². The zero-order valence-electron chi connectivity index (χ0n) is 18.4. The Morgan fingerprint density at radius 2 is 2.09 bits per heavy atom. The number of aromatic nitrogens is 1. The Kier molecular flexibility index (Phi) is 7.23. The smallest absolute Gasteiger partial charge is 0.266 e. The molecule has 0 radical (unpaired) electrons. The van der Waals surface area contributed by atoms with Gasteiger partial charge in [-0.25, -0.2) is 17.8 Å². The van der Waals surface area contributed by atoms with Gasteiger partial charge in [-0.1, -0.05) is 48.9 Å². The molecule has 0 saturated carbocycles. The van der Waals surface area contributed by atoms with Crippen molar-refractivity contribution in [1.29, 1.82) is 0 Å². The van der Waals surface area contributed by atoms with Gasteiger partial charge in [0, 0.05) is 43.7 Å². The van der Waals surface area contributed by atoms with E-state index in [2.05, 4.69) is 45.8 Å². The van der Waals surface area contributed by atoms with Crippen molar-refractivity contribution in [2.45, 2.75) is 36.7 Å². The van der Waals surface area contributed by atoms with Crippen molar-refractivity contribution in [2.24, 2.45) is 0 Å².